The number of aryl methyl sites for hydroxylation is 1. The summed E-state index contributed by atoms with van der Waals surface area (Å²) in [5.74, 6) is 0.469. The first-order chi connectivity index (χ1) is 10.2. The monoisotopic (exact) mass is 288 g/mol. The lowest BCUT2D eigenvalue weighted by Crippen LogP contribution is -2.32. The van der Waals surface area contributed by atoms with Gasteiger partial charge in [0.1, 0.15) is 11.5 Å². The van der Waals surface area contributed by atoms with Gasteiger partial charge in [0.05, 0.1) is 18.3 Å². The standard InChI is InChI=1S/C14H16N4O3/c1-10-8-18(9-16-10)5-4-15-14(19)11-7-13(21-17-11)12-3-2-6-20-12/h2-3,6,8-9,13H,4-5,7H2,1H3,(H,15,19). The highest BCUT2D eigenvalue weighted by molar-refractivity contribution is 6.39. The van der Waals surface area contributed by atoms with Gasteiger partial charge in [0.2, 0.25) is 0 Å². The average molecular weight is 288 g/mol. The molecule has 1 amide bonds. The highest BCUT2D eigenvalue weighted by Gasteiger charge is 2.28. The zero-order chi connectivity index (χ0) is 14.7. The van der Waals surface area contributed by atoms with Crippen LogP contribution in [-0.2, 0) is 16.2 Å². The van der Waals surface area contributed by atoms with Gasteiger partial charge in [0.25, 0.3) is 5.91 Å². The Bertz CT molecular complexity index is 645. The molecule has 2 aromatic rings. The Kier molecular flexibility index (Phi) is 3.72. The van der Waals surface area contributed by atoms with E-state index in [2.05, 4.69) is 15.5 Å². The molecule has 1 unspecified atom stereocenters. The van der Waals surface area contributed by atoms with Crippen LogP contribution in [0.3, 0.4) is 0 Å². The van der Waals surface area contributed by atoms with E-state index in [1.54, 1.807) is 18.7 Å². The number of nitrogens with zero attached hydrogens (tertiary/aromatic N) is 3. The molecule has 0 radical (unpaired) electrons. The fourth-order valence-corrected chi connectivity index (χ4v) is 2.13. The zero-order valence-corrected chi connectivity index (χ0v) is 11.7. The highest BCUT2D eigenvalue weighted by atomic mass is 16.6. The topological polar surface area (TPSA) is 81.7 Å². The Balaban J connectivity index is 1.46. The van der Waals surface area contributed by atoms with E-state index < -0.39 is 0 Å². The molecule has 1 aliphatic rings. The summed E-state index contributed by atoms with van der Waals surface area (Å²) in [6, 6.07) is 3.59. The van der Waals surface area contributed by atoms with Gasteiger partial charge >= 0.3 is 0 Å². The Morgan fingerprint density at radius 3 is 3.19 bits per heavy atom. The van der Waals surface area contributed by atoms with Gasteiger partial charge in [-0.25, -0.2) is 4.98 Å². The van der Waals surface area contributed by atoms with Crippen LogP contribution in [0.5, 0.6) is 0 Å². The first kappa shape index (κ1) is 13.4. The minimum absolute atomic E-state index is 0.208. The minimum atomic E-state index is -0.308. The zero-order valence-electron chi connectivity index (χ0n) is 11.7. The van der Waals surface area contributed by atoms with E-state index in [-0.39, 0.29) is 12.0 Å². The van der Waals surface area contributed by atoms with Crippen molar-refractivity contribution >= 4 is 11.6 Å². The summed E-state index contributed by atoms with van der Waals surface area (Å²) in [6.07, 6.45) is 5.35. The predicted molar refractivity (Wildman–Crippen MR) is 74.6 cm³/mol. The average Bonchev–Trinajstić information content (AvgIpc) is 3.19. The number of carbonyl (C=O) groups is 1. The fourth-order valence-electron chi connectivity index (χ4n) is 2.13. The SMILES string of the molecule is Cc1cn(CCNC(=O)C2=NOC(c3ccco3)C2)cn1. The van der Waals surface area contributed by atoms with Crippen molar-refractivity contribution in [2.75, 3.05) is 6.54 Å². The molecule has 1 N–H and O–H groups in total. The summed E-state index contributed by atoms with van der Waals surface area (Å²) in [4.78, 5) is 21.3. The van der Waals surface area contributed by atoms with E-state index in [4.69, 9.17) is 9.25 Å². The Morgan fingerprint density at radius 2 is 2.48 bits per heavy atom. The van der Waals surface area contributed by atoms with Crippen LogP contribution in [0.1, 0.15) is 24.0 Å². The Morgan fingerprint density at radius 1 is 1.57 bits per heavy atom. The summed E-state index contributed by atoms with van der Waals surface area (Å²) in [5.41, 5.74) is 1.34. The van der Waals surface area contributed by atoms with Crippen molar-refractivity contribution in [3.05, 3.63) is 42.4 Å². The third-order valence-corrected chi connectivity index (χ3v) is 3.21. The summed E-state index contributed by atoms with van der Waals surface area (Å²) in [5, 5.41) is 6.65. The molecule has 2 aromatic heterocycles. The van der Waals surface area contributed by atoms with Crippen LogP contribution < -0.4 is 5.32 Å². The molecule has 0 saturated carbocycles. The lowest BCUT2D eigenvalue weighted by molar-refractivity contribution is -0.114. The Labute approximate surface area is 121 Å². The fraction of sp³-hybridized carbons (Fsp3) is 0.357. The molecule has 1 aliphatic heterocycles. The van der Waals surface area contributed by atoms with Crippen LogP contribution >= 0.6 is 0 Å². The van der Waals surface area contributed by atoms with Crippen molar-refractivity contribution in [1.82, 2.24) is 14.9 Å². The molecule has 7 heteroatoms. The van der Waals surface area contributed by atoms with Crippen LogP contribution in [0.4, 0.5) is 0 Å². The molecule has 0 spiro atoms. The first-order valence-electron chi connectivity index (χ1n) is 6.75. The maximum absolute atomic E-state index is 12.0. The number of hydrogen-bond donors (Lipinski definition) is 1. The summed E-state index contributed by atoms with van der Waals surface area (Å²) in [6.45, 7) is 3.11. The lowest BCUT2D eigenvalue weighted by Gasteiger charge is -2.05. The van der Waals surface area contributed by atoms with Crippen LogP contribution in [0, 0.1) is 6.92 Å². The van der Waals surface area contributed by atoms with Crippen molar-refractivity contribution < 1.29 is 14.0 Å². The number of rotatable bonds is 5. The molecule has 0 bridgehead atoms. The third-order valence-electron chi connectivity index (χ3n) is 3.21. The van der Waals surface area contributed by atoms with Gasteiger partial charge in [-0.2, -0.15) is 0 Å². The van der Waals surface area contributed by atoms with Gasteiger partial charge < -0.3 is 19.1 Å². The normalized spacial score (nSPS) is 17.4. The summed E-state index contributed by atoms with van der Waals surface area (Å²) < 4.78 is 7.17. The second-order valence-electron chi connectivity index (χ2n) is 4.86. The molecule has 0 aromatic carbocycles. The first-order valence-corrected chi connectivity index (χ1v) is 6.75. The third kappa shape index (κ3) is 3.13. The molecule has 7 nitrogen and oxygen atoms in total. The summed E-state index contributed by atoms with van der Waals surface area (Å²) >= 11 is 0. The highest BCUT2D eigenvalue weighted by Crippen LogP contribution is 2.27. The number of amides is 1. The van der Waals surface area contributed by atoms with Crippen molar-refractivity contribution in [3.63, 3.8) is 0 Å². The molecule has 110 valence electrons. The van der Waals surface area contributed by atoms with Gasteiger partial charge in [-0.1, -0.05) is 5.16 Å². The number of nitrogens with one attached hydrogen (secondary N) is 1. The molecule has 0 fully saturated rings. The molecule has 0 aliphatic carbocycles. The van der Waals surface area contributed by atoms with Crippen molar-refractivity contribution in [3.8, 4) is 0 Å². The predicted octanol–water partition coefficient (Wildman–Crippen LogP) is 1.42. The molecule has 21 heavy (non-hydrogen) atoms. The molecule has 3 rings (SSSR count). The number of furan rings is 1. The van der Waals surface area contributed by atoms with Crippen LogP contribution in [0.15, 0.2) is 40.5 Å². The van der Waals surface area contributed by atoms with E-state index in [0.29, 0.717) is 31.0 Å². The van der Waals surface area contributed by atoms with Crippen LogP contribution in [0.25, 0.3) is 0 Å². The maximum Gasteiger partial charge on any atom is 0.269 e. The maximum atomic E-state index is 12.0. The van der Waals surface area contributed by atoms with Gasteiger partial charge in [0, 0.05) is 25.7 Å². The number of oxime groups is 1. The lowest BCUT2D eigenvalue weighted by atomic mass is 10.1. The van der Waals surface area contributed by atoms with Gasteiger partial charge in [-0.15, -0.1) is 0 Å². The molecular weight excluding hydrogens is 272 g/mol. The largest absolute Gasteiger partial charge is 0.465 e. The molecular formula is C14H16N4O3. The second kappa shape index (κ2) is 5.82. The van der Waals surface area contributed by atoms with Crippen molar-refractivity contribution in [2.45, 2.75) is 26.0 Å². The number of carbonyl (C=O) groups excluding carboxylic acids is 1. The van der Waals surface area contributed by atoms with Crippen molar-refractivity contribution in [2.24, 2.45) is 5.16 Å². The second-order valence-corrected chi connectivity index (χ2v) is 4.86. The quantitative estimate of drug-likeness (QED) is 0.902. The van der Waals surface area contributed by atoms with E-state index >= 15 is 0 Å². The summed E-state index contributed by atoms with van der Waals surface area (Å²) in [7, 11) is 0. The van der Waals surface area contributed by atoms with Crippen LogP contribution in [0.2, 0.25) is 0 Å². The number of hydrogen-bond acceptors (Lipinski definition) is 5. The molecule has 0 saturated heterocycles. The smallest absolute Gasteiger partial charge is 0.269 e. The Hall–Kier alpha value is -2.57. The van der Waals surface area contributed by atoms with E-state index in [1.165, 1.54) is 0 Å². The molecule has 3 heterocycles. The van der Waals surface area contributed by atoms with E-state index in [9.17, 15) is 4.79 Å². The van der Waals surface area contributed by atoms with Gasteiger partial charge in [0.15, 0.2) is 6.10 Å². The van der Waals surface area contributed by atoms with Crippen LogP contribution in [-0.4, -0.2) is 27.7 Å². The van der Waals surface area contributed by atoms with Gasteiger partial charge in [-0.3, -0.25) is 4.79 Å². The van der Waals surface area contributed by atoms with E-state index in [0.717, 1.165) is 5.69 Å². The van der Waals surface area contributed by atoms with E-state index in [1.807, 2.05) is 23.8 Å². The molecule has 1 atom stereocenters. The number of aromatic nitrogens is 2. The van der Waals surface area contributed by atoms with Crippen molar-refractivity contribution in [1.29, 1.82) is 0 Å². The number of imidazole rings is 1. The van der Waals surface area contributed by atoms with Gasteiger partial charge in [-0.05, 0) is 19.1 Å². The minimum Gasteiger partial charge on any atom is -0.465 e.